The number of hydrogen-bond acceptors (Lipinski definition) is 4. The molecule has 0 aromatic carbocycles. The SMILES string of the molecule is Cn1ccnc1C(=O)c1ccc(N)nc1. The summed E-state index contributed by atoms with van der Waals surface area (Å²) < 4.78 is 1.67. The average molecular weight is 202 g/mol. The summed E-state index contributed by atoms with van der Waals surface area (Å²) in [5, 5.41) is 0. The molecule has 15 heavy (non-hydrogen) atoms. The van der Waals surface area contributed by atoms with E-state index >= 15 is 0 Å². The van der Waals surface area contributed by atoms with Crippen LogP contribution in [0.2, 0.25) is 0 Å². The lowest BCUT2D eigenvalue weighted by Gasteiger charge is -2.00. The predicted molar refractivity (Wildman–Crippen MR) is 55.3 cm³/mol. The molecule has 0 aliphatic heterocycles. The molecular formula is C10H10N4O. The monoisotopic (exact) mass is 202 g/mol. The Morgan fingerprint density at radius 3 is 2.73 bits per heavy atom. The molecule has 76 valence electrons. The van der Waals surface area contributed by atoms with Crippen molar-refractivity contribution in [1.29, 1.82) is 0 Å². The number of aryl methyl sites for hydroxylation is 1. The molecule has 0 spiro atoms. The lowest BCUT2D eigenvalue weighted by molar-refractivity contribution is 0.102. The van der Waals surface area contributed by atoms with Gasteiger partial charge in [0.15, 0.2) is 5.82 Å². The smallest absolute Gasteiger partial charge is 0.229 e. The largest absolute Gasteiger partial charge is 0.384 e. The molecule has 5 nitrogen and oxygen atoms in total. The van der Waals surface area contributed by atoms with Gasteiger partial charge in [0.2, 0.25) is 5.78 Å². The van der Waals surface area contributed by atoms with Crippen LogP contribution in [0.25, 0.3) is 0 Å². The van der Waals surface area contributed by atoms with E-state index in [1.165, 1.54) is 6.20 Å². The fraction of sp³-hybridized carbons (Fsp3) is 0.100. The minimum Gasteiger partial charge on any atom is -0.384 e. The second kappa shape index (κ2) is 3.53. The van der Waals surface area contributed by atoms with E-state index < -0.39 is 0 Å². The molecule has 2 heterocycles. The van der Waals surface area contributed by atoms with E-state index in [9.17, 15) is 4.79 Å². The number of aromatic nitrogens is 3. The minimum atomic E-state index is -0.157. The van der Waals surface area contributed by atoms with Crippen molar-refractivity contribution in [3.05, 3.63) is 42.1 Å². The number of anilines is 1. The zero-order chi connectivity index (χ0) is 10.8. The number of nitrogens with two attached hydrogens (primary N) is 1. The van der Waals surface area contributed by atoms with Crippen molar-refractivity contribution in [1.82, 2.24) is 14.5 Å². The Balaban J connectivity index is 2.37. The number of hydrogen-bond donors (Lipinski definition) is 1. The lowest BCUT2D eigenvalue weighted by Crippen LogP contribution is -2.09. The van der Waals surface area contributed by atoms with Crippen LogP contribution in [-0.4, -0.2) is 20.3 Å². The van der Waals surface area contributed by atoms with Crippen molar-refractivity contribution >= 4 is 11.6 Å². The molecule has 0 unspecified atom stereocenters. The number of ketones is 1. The number of carbonyl (C=O) groups excluding carboxylic acids is 1. The van der Waals surface area contributed by atoms with E-state index in [-0.39, 0.29) is 5.78 Å². The van der Waals surface area contributed by atoms with Crippen molar-refractivity contribution in [2.24, 2.45) is 7.05 Å². The first-order valence-electron chi connectivity index (χ1n) is 4.42. The van der Waals surface area contributed by atoms with Crippen LogP contribution in [0.15, 0.2) is 30.7 Å². The Bertz CT molecular complexity index is 486. The molecule has 2 rings (SSSR count). The van der Waals surface area contributed by atoms with Crippen molar-refractivity contribution < 1.29 is 4.79 Å². The summed E-state index contributed by atoms with van der Waals surface area (Å²) >= 11 is 0. The summed E-state index contributed by atoms with van der Waals surface area (Å²) in [6.45, 7) is 0. The first-order valence-corrected chi connectivity index (χ1v) is 4.42. The van der Waals surface area contributed by atoms with E-state index in [1.54, 1.807) is 36.1 Å². The van der Waals surface area contributed by atoms with Gasteiger partial charge in [0.25, 0.3) is 0 Å². The summed E-state index contributed by atoms with van der Waals surface area (Å²) in [7, 11) is 1.77. The second-order valence-corrected chi connectivity index (χ2v) is 3.16. The highest BCUT2D eigenvalue weighted by Gasteiger charge is 2.13. The third-order valence-corrected chi connectivity index (χ3v) is 2.07. The maximum Gasteiger partial charge on any atom is 0.229 e. The maximum atomic E-state index is 11.9. The number of imidazole rings is 1. The molecule has 5 heteroatoms. The van der Waals surface area contributed by atoms with Gasteiger partial charge < -0.3 is 10.3 Å². The van der Waals surface area contributed by atoms with E-state index in [0.717, 1.165) is 0 Å². The van der Waals surface area contributed by atoms with Crippen LogP contribution in [0, 0.1) is 0 Å². The van der Waals surface area contributed by atoms with Crippen LogP contribution in [0.4, 0.5) is 5.82 Å². The van der Waals surface area contributed by atoms with Gasteiger partial charge in [-0.25, -0.2) is 9.97 Å². The molecule has 2 aromatic heterocycles. The fourth-order valence-corrected chi connectivity index (χ4v) is 1.25. The molecule has 2 N–H and O–H groups in total. The highest BCUT2D eigenvalue weighted by Crippen LogP contribution is 2.07. The Labute approximate surface area is 86.6 Å². The van der Waals surface area contributed by atoms with Crippen LogP contribution in [0.5, 0.6) is 0 Å². The maximum absolute atomic E-state index is 11.9. The molecule has 0 aliphatic rings. The van der Waals surface area contributed by atoms with Crippen LogP contribution in [0.3, 0.4) is 0 Å². The van der Waals surface area contributed by atoms with Gasteiger partial charge in [-0.15, -0.1) is 0 Å². The molecule has 0 amide bonds. The quantitative estimate of drug-likeness (QED) is 0.725. The first-order chi connectivity index (χ1) is 7.18. The number of carbonyl (C=O) groups is 1. The summed E-state index contributed by atoms with van der Waals surface area (Å²) in [6, 6.07) is 3.23. The van der Waals surface area contributed by atoms with E-state index in [4.69, 9.17) is 5.73 Å². The predicted octanol–water partition coefficient (Wildman–Crippen LogP) is 0.628. The summed E-state index contributed by atoms with van der Waals surface area (Å²) in [6.07, 6.45) is 4.75. The average Bonchev–Trinajstić information content (AvgIpc) is 2.65. The van der Waals surface area contributed by atoms with Gasteiger partial charge in [-0.3, -0.25) is 4.79 Å². The van der Waals surface area contributed by atoms with E-state index in [2.05, 4.69) is 9.97 Å². The highest BCUT2D eigenvalue weighted by atomic mass is 16.1. The Hall–Kier alpha value is -2.17. The summed E-state index contributed by atoms with van der Waals surface area (Å²) in [5.41, 5.74) is 5.92. The zero-order valence-electron chi connectivity index (χ0n) is 8.21. The molecule has 0 atom stereocenters. The van der Waals surface area contributed by atoms with Gasteiger partial charge in [0.05, 0.1) is 0 Å². The van der Waals surface area contributed by atoms with Crippen molar-refractivity contribution in [2.75, 3.05) is 5.73 Å². The normalized spacial score (nSPS) is 10.2. The molecule has 0 aliphatic carbocycles. The molecule has 2 aromatic rings. The summed E-state index contributed by atoms with van der Waals surface area (Å²) in [5.74, 6) is 0.628. The molecule has 0 fully saturated rings. The third-order valence-electron chi connectivity index (χ3n) is 2.07. The van der Waals surface area contributed by atoms with Crippen LogP contribution in [-0.2, 0) is 7.05 Å². The Kier molecular flexibility index (Phi) is 2.21. The number of pyridine rings is 1. The molecule has 0 radical (unpaired) electrons. The second-order valence-electron chi connectivity index (χ2n) is 3.16. The summed E-state index contributed by atoms with van der Waals surface area (Å²) in [4.78, 5) is 19.7. The van der Waals surface area contributed by atoms with Crippen LogP contribution in [0.1, 0.15) is 16.2 Å². The molecule has 0 saturated carbocycles. The topological polar surface area (TPSA) is 73.8 Å². The van der Waals surface area contributed by atoms with Gasteiger partial charge >= 0.3 is 0 Å². The van der Waals surface area contributed by atoms with Gasteiger partial charge in [-0.1, -0.05) is 0 Å². The number of rotatable bonds is 2. The van der Waals surface area contributed by atoms with Crippen LogP contribution < -0.4 is 5.73 Å². The molecular weight excluding hydrogens is 192 g/mol. The number of nitrogen functional groups attached to an aromatic ring is 1. The molecule has 0 saturated heterocycles. The van der Waals surface area contributed by atoms with Crippen molar-refractivity contribution in [3.63, 3.8) is 0 Å². The zero-order valence-corrected chi connectivity index (χ0v) is 8.21. The Morgan fingerprint density at radius 2 is 2.20 bits per heavy atom. The van der Waals surface area contributed by atoms with Crippen molar-refractivity contribution in [2.45, 2.75) is 0 Å². The standard InChI is InChI=1S/C10H10N4O/c1-14-5-4-12-10(14)9(15)7-2-3-8(11)13-6-7/h2-6H,1H3,(H2,11,13). The molecule has 0 bridgehead atoms. The van der Waals surface area contributed by atoms with Crippen LogP contribution >= 0.6 is 0 Å². The first kappa shape index (κ1) is 9.39. The van der Waals surface area contributed by atoms with E-state index in [1.807, 2.05) is 0 Å². The van der Waals surface area contributed by atoms with Crippen molar-refractivity contribution in [3.8, 4) is 0 Å². The number of nitrogens with zero attached hydrogens (tertiary/aromatic N) is 3. The third kappa shape index (κ3) is 1.71. The van der Waals surface area contributed by atoms with Gasteiger partial charge in [0.1, 0.15) is 5.82 Å². The van der Waals surface area contributed by atoms with Gasteiger partial charge in [-0.2, -0.15) is 0 Å². The Morgan fingerprint density at radius 1 is 1.40 bits per heavy atom. The fourth-order valence-electron chi connectivity index (χ4n) is 1.25. The highest BCUT2D eigenvalue weighted by molar-refractivity contribution is 6.06. The van der Waals surface area contributed by atoms with Gasteiger partial charge in [0, 0.05) is 31.2 Å². The van der Waals surface area contributed by atoms with Gasteiger partial charge in [-0.05, 0) is 12.1 Å². The lowest BCUT2D eigenvalue weighted by atomic mass is 10.2. The van der Waals surface area contributed by atoms with E-state index in [0.29, 0.717) is 17.2 Å². The minimum absolute atomic E-state index is 0.157.